The maximum absolute atomic E-state index is 12.8. The van der Waals surface area contributed by atoms with Gasteiger partial charge in [-0.05, 0) is 30.5 Å². The van der Waals surface area contributed by atoms with E-state index in [-0.39, 0.29) is 11.1 Å². The van der Waals surface area contributed by atoms with Crippen LogP contribution < -0.4 is 5.73 Å². The number of rotatable bonds is 6. The Morgan fingerprint density at radius 2 is 2.24 bits per heavy atom. The molecule has 96 valence electrons. The molecule has 2 atom stereocenters. The van der Waals surface area contributed by atoms with Gasteiger partial charge in [0.2, 0.25) is 0 Å². The number of hydrogen-bond donors (Lipinski definition) is 2. The van der Waals surface area contributed by atoms with E-state index in [4.69, 9.17) is 22.1 Å². The van der Waals surface area contributed by atoms with Crippen LogP contribution in [0.2, 0.25) is 5.02 Å². The summed E-state index contributed by atoms with van der Waals surface area (Å²) in [5.41, 5.74) is 6.32. The summed E-state index contributed by atoms with van der Waals surface area (Å²) >= 11 is 5.85. The van der Waals surface area contributed by atoms with E-state index in [1.807, 2.05) is 0 Å². The van der Waals surface area contributed by atoms with Gasteiger partial charge in [-0.3, -0.25) is 0 Å². The summed E-state index contributed by atoms with van der Waals surface area (Å²) in [7, 11) is 1.60. The molecule has 0 saturated heterocycles. The molecule has 0 spiro atoms. The molecule has 1 rings (SSSR count). The van der Waals surface area contributed by atoms with Crippen molar-refractivity contribution < 1.29 is 14.2 Å². The van der Waals surface area contributed by atoms with E-state index in [2.05, 4.69) is 0 Å². The topological polar surface area (TPSA) is 55.5 Å². The van der Waals surface area contributed by atoms with Crippen molar-refractivity contribution in [3.8, 4) is 0 Å². The van der Waals surface area contributed by atoms with E-state index in [1.54, 1.807) is 7.11 Å². The molecule has 2 unspecified atom stereocenters. The van der Waals surface area contributed by atoms with E-state index < -0.39 is 11.9 Å². The van der Waals surface area contributed by atoms with Crippen molar-refractivity contribution in [2.45, 2.75) is 25.0 Å². The smallest absolute Gasteiger partial charge is 0.124 e. The summed E-state index contributed by atoms with van der Waals surface area (Å²) in [5.74, 6) is -0.422. The van der Waals surface area contributed by atoms with Gasteiger partial charge in [0, 0.05) is 24.8 Å². The first-order chi connectivity index (χ1) is 8.04. The standard InChI is InChI=1S/C12H17ClFNO2/c1-17-5-4-9(15)7-12(16)10-3-2-8(14)6-11(10)13/h2-3,6,9,12,16H,4-5,7,15H2,1H3. The van der Waals surface area contributed by atoms with Crippen LogP contribution >= 0.6 is 11.6 Å². The fourth-order valence-electron chi connectivity index (χ4n) is 1.57. The lowest BCUT2D eigenvalue weighted by Gasteiger charge is -2.17. The van der Waals surface area contributed by atoms with Crippen LogP contribution in [0.25, 0.3) is 0 Å². The van der Waals surface area contributed by atoms with Crippen LogP contribution in [-0.4, -0.2) is 24.9 Å². The summed E-state index contributed by atoms with van der Waals surface area (Å²) in [4.78, 5) is 0. The maximum Gasteiger partial charge on any atom is 0.124 e. The van der Waals surface area contributed by atoms with Gasteiger partial charge in [-0.1, -0.05) is 17.7 Å². The van der Waals surface area contributed by atoms with E-state index in [0.717, 1.165) is 0 Å². The molecule has 17 heavy (non-hydrogen) atoms. The number of ether oxygens (including phenoxy) is 1. The zero-order chi connectivity index (χ0) is 12.8. The van der Waals surface area contributed by atoms with Crippen molar-refractivity contribution in [2.75, 3.05) is 13.7 Å². The molecule has 0 aliphatic rings. The quantitative estimate of drug-likeness (QED) is 0.826. The monoisotopic (exact) mass is 261 g/mol. The first-order valence-corrected chi connectivity index (χ1v) is 5.80. The molecular formula is C12H17ClFNO2. The highest BCUT2D eigenvalue weighted by atomic mass is 35.5. The molecule has 0 radical (unpaired) electrons. The van der Waals surface area contributed by atoms with E-state index in [1.165, 1.54) is 18.2 Å². The molecule has 0 aliphatic carbocycles. The molecule has 3 N–H and O–H groups in total. The number of aliphatic hydroxyl groups is 1. The normalized spacial score (nSPS) is 14.6. The van der Waals surface area contributed by atoms with Gasteiger partial charge in [-0.25, -0.2) is 4.39 Å². The van der Waals surface area contributed by atoms with Gasteiger partial charge in [0.25, 0.3) is 0 Å². The summed E-state index contributed by atoms with van der Waals surface area (Å²) < 4.78 is 17.7. The molecule has 0 aliphatic heterocycles. The number of methoxy groups -OCH3 is 1. The minimum Gasteiger partial charge on any atom is -0.388 e. The lowest BCUT2D eigenvalue weighted by Crippen LogP contribution is -2.24. The molecule has 1 aromatic rings. The van der Waals surface area contributed by atoms with Crippen molar-refractivity contribution in [3.05, 3.63) is 34.6 Å². The summed E-state index contributed by atoms with van der Waals surface area (Å²) in [6.45, 7) is 0.547. The summed E-state index contributed by atoms with van der Waals surface area (Å²) in [6.07, 6.45) is 0.246. The van der Waals surface area contributed by atoms with Crippen LogP contribution in [0.1, 0.15) is 24.5 Å². The number of aliphatic hydroxyl groups excluding tert-OH is 1. The first kappa shape index (κ1) is 14.4. The molecule has 0 fully saturated rings. The Bertz CT molecular complexity index is 362. The second-order valence-corrected chi connectivity index (χ2v) is 4.37. The molecule has 0 saturated carbocycles. The first-order valence-electron chi connectivity index (χ1n) is 5.42. The minimum atomic E-state index is -0.782. The van der Waals surface area contributed by atoms with Crippen molar-refractivity contribution >= 4 is 11.6 Å². The molecule has 0 heterocycles. The second-order valence-electron chi connectivity index (χ2n) is 3.96. The van der Waals surface area contributed by atoms with Gasteiger partial charge >= 0.3 is 0 Å². The van der Waals surface area contributed by atoms with E-state index in [0.29, 0.717) is 25.0 Å². The lowest BCUT2D eigenvalue weighted by atomic mass is 10.0. The average Bonchev–Trinajstić information content (AvgIpc) is 2.26. The largest absolute Gasteiger partial charge is 0.388 e. The zero-order valence-corrected chi connectivity index (χ0v) is 10.5. The number of nitrogens with two attached hydrogens (primary N) is 1. The van der Waals surface area contributed by atoms with Gasteiger partial charge in [0.15, 0.2) is 0 Å². The molecule has 0 aromatic heterocycles. The van der Waals surface area contributed by atoms with Crippen molar-refractivity contribution in [1.29, 1.82) is 0 Å². The molecular weight excluding hydrogens is 245 g/mol. The maximum atomic E-state index is 12.8. The van der Waals surface area contributed by atoms with E-state index in [9.17, 15) is 9.50 Å². The zero-order valence-electron chi connectivity index (χ0n) is 9.70. The van der Waals surface area contributed by atoms with Crippen molar-refractivity contribution in [1.82, 2.24) is 0 Å². The fraction of sp³-hybridized carbons (Fsp3) is 0.500. The molecule has 0 amide bonds. The van der Waals surface area contributed by atoms with Crippen LogP contribution in [0, 0.1) is 5.82 Å². The highest BCUT2D eigenvalue weighted by molar-refractivity contribution is 6.31. The lowest BCUT2D eigenvalue weighted by molar-refractivity contribution is 0.141. The number of hydrogen-bond acceptors (Lipinski definition) is 3. The molecule has 0 bridgehead atoms. The fourth-order valence-corrected chi connectivity index (χ4v) is 1.87. The highest BCUT2D eigenvalue weighted by Crippen LogP contribution is 2.26. The number of halogens is 2. The molecule has 5 heteroatoms. The molecule has 1 aromatic carbocycles. The predicted octanol–water partition coefficient (Wildman–Crippen LogP) is 2.27. The Hall–Kier alpha value is -0.680. The molecule has 3 nitrogen and oxygen atoms in total. The van der Waals surface area contributed by atoms with Crippen LogP contribution in [0.3, 0.4) is 0 Å². The van der Waals surface area contributed by atoms with Gasteiger partial charge < -0.3 is 15.6 Å². The number of benzene rings is 1. The van der Waals surface area contributed by atoms with Crippen molar-refractivity contribution in [3.63, 3.8) is 0 Å². The highest BCUT2D eigenvalue weighted by Gasteiger charge is 2.15. The average molecular weight is 262 g/mol. The minimum absolute atomic E-state index is 0.175. The third-order valence-corrected chi connectivity index (χ3v) is 2.87. The Labute approximate surface area is 105 Å². The van der Waals surface area contributed by atoms with Crippen LogP contribution in [0.5, 0.6) is 0 Å². The predicted molar refractivity (Wildman–Crippen MR) is 65.5 cm³/mol. The summed E-state index contributed by atoms with van der Waals surface area (Å²) in [5, 5.41) is 10.2. The van der Waals surface area contributed by atoms with Crippen LogP contribution in [0.15, 0.2) is 18.2 Å². The van der Waals surface area contributed by atoms with E-state index >= 15 is 0 Å². The Kier molecular flexibility index (Phi) is 5.85. The van der Waals surface area contributed by atoms with Crippen LogP contribution in [0.4, 0.5) is 4.39 Å². The van der Waals surface area contributed by atoms with Crippen molar-refractivity contribution in [2.24, 2.45) is 5.73 Å². The van der Waals surface area contributed by atoms with Gasteiger partial charge in [-0.15, -0.1) is 0 Å². The Balaban J connectivity index is 2.60. The second kappa shape index (κ2) is 6.91. The van der Waals surface area contributed by atoms with Gasteiger partial charge in [-0.2, -0.15) is 0 Å². The Morgan fingerprint density at radius 1 is 1.53 bits per heavy atom. The SMILES string of the molecule is COCCC(N)CC(O)c1ccc(F)cc1Cl. The Morgan fingerprint density at radius 3 is 2.82 bits per heavy atom. The summed E-state index contributed by atoms with van der Waals surface area (Å²) in [6, 6.07) is 3.75. The third kappa shape index (κ3) is 4.60. The van der Waals surface area contributed by atoms with Crippen LogP contribution in [-0.2, 0) is 4.74 Å². The third-order valence-electron chi connectivity index (χ3n) is 2.54. The van der Waals surface area contributed by atoms with Gasteiger partial charge in [0.05, 0.1) is 6.10 Å². The van der Waals surface area contributed by atoms with Gasteiger partial charge in [0.1, 0.15) is 5.82 Å².